The van der Waals surface area contributed by atoms with Gasteiger partial charge in [0.1, 0.15) is 0 Å². The summed E-state index contributed by atoms with van der Waals surface area (Å²) in [4.78, 5) is 0. The number of fused-ring (bicyclic) bond motifs is 1. The summed E-state index contributed by atoms with van der Waals surface area (Å²) < 4.78 is 0. The van der Waals surface area contributed by atoms with Crippen molar-refractivity contribution in [3.05, 3.63) is 23.8 Å². The van der Waals surface area contributed by atoms with Crippen LogP contribution in [-0.4, -0.2) is 10.7 Å². The van der Waals surface area contributed by atoms with Gasteiger partial charge in [-0.25, -0.2) is 0 Å². The van der Waals surface area contributed by atoms with Gasteiger partial charge < -0.3 is 5.11 Å². The summed E-state index contributed by atoms with van der Waals surface area (Å²) in [6.07, 6.45) is 6.84. The van der Waals surface area contributed by atoms with E-state index in [1.165, 1.54) is 24.0 Å². The van der Waals surface area contributed by atoms with Gasteiger partial charge in [0, 0.05) is 5.92 Å². The Morgan fingerprint density at radius 3 is 2.81 bits per heavy atom. The molecule has 90 valence electrons. The average molecular weight is 220 g/mol. The van der Waals surface area contributed by atoms with Gasteiger partial charge in [-0.1, -0.05) is 25.2 Å². The summed E-state index contributed by atoms with van der Waals surface area (Å²) >= 11 is 0. The van der Waals surface area contributed by atoms with E-state index < -0.39 is 5.60 Å². The fourth-order valence-corrected chi connectivity index (χ4v) is 3.46. The minimum absolute atomic E-state index is 0.344. The van der Waals surface area contributed by atoms with Gasteiger partial charge in [-0.3, -0.25) is 0 Å². The quantitative estimate of drug-likeness (QED) is 0.714. The predicted octanol–water partition coefficient (Wildman–Crippen LogP) is 3.70. The lowest BCUT2D eigenvalue weighted by atomic mass is 9.80. The Morgan fingerprint density at radius 1 is 1.50 bits per heavy atom. The molecule has 2 aliphatic rings. The largest absolute Gasteiger partial charge is 0.390 e. The number of hydrogen-bond donors (Lipinski definition) is 1. The van der Waals surface area contributed by atoms with Crippen molar-refractivity contribution in [2.24, 2.45) is 17.8 Å². The van der Waals surface area contributed by atoms with E-state index >= 15 is 0 Å². The molecule has 0 heterocycles. The second-order valence-corrected chi connectivity index (χ2v) is 6.07. The topological polar surface area (TPSA) is 20.2 Å². The maximum absolute atomic E-state index is 10.5. The first-order valence-electron chi connectivity index (χ1n) is 6.51. The molecule has 16 heavy (non-hydrogen) atoms. The van der Waals surface area contributed by atoms with Gasteiger partial charge in [-0.05, 0) is 56.9 Å². The summed E-state index contributed by atoms with van der Waals surface area (Å²) in [5.74, 6) is 1.75. The Kier molecular flexibility index (Phi) is 3.00. The van der Waals surface area contributed by atoms with Crippen molar-refractivity contribution in [2.45, 2.75) is 52.1 Å². The van der Waals surface area contributed by atoms with E-state index in [0.29, 0.717) is 11.8 Å². The molecule has 0 spiro atoms. The van der Waals surface area contributed by atoms with Crippen molar-refractivity contribution in [3.8, 4) is 0 Å². The molecule has 2 aliphatic carbocycles. The fraction of sp³-hybridized carbons (Fsp3) is 0.733. The first-order chi connectivity index (χ1) is 7.42. The van der Waals surface area contributed by atoms with Crippen LogP contribution in [0, 0.1) is 17.8 Å². The number of aliphatic hydroxyl groups is 1. The van der Waals surface area contributed by atoms with Crippen LogP contribution < -0.4 is 0 Å². The van der Waals surface area contributed by atoms with Crippen molar-refractivity contribution >= 4 is 0 Å². The van der Waals surface area contributed by atoms with Crippen LogP contribution in [0.1, 0.15) is 46.5 Å². The minimum Gasteiger partial charge on any atom is -0.390 e. The van der Waals surface area contributed by atoms with Gasteiger partial charge in [0.05, 0.1) is 5.60 Å². The molecule has 1 N–H and O–H groups in total. The molecule has 0 radical (unpaired) electrons. The lowest BCUT2D eigenvalue weighted by Crippen LogP contribution is -2.31. The molecule has 2 rings (SSSR count). The zero-order valence-corrected chi connectivity index (χ0v) is 10.8. The lowest BCUT2D eigenvalue weighted by molar-refractivity contribution is 0.0257. The van der Waals surface area contributed by atoms with Crippen LogP contribution in [0.3, 0.4) is 0 Å². The van der Waals surface area contributed by atoms with Crippen molar-refractivity contribution in [2.75, 3.05) is 0 Å². The highest BCUT2D eigenvalue weighted by Gasteiger charge is 2.45. The van der Waals surface area contributed by atoms with E-state index in [1.54, 1.807) is 0 Å². The molecule has 0 saturated heterocycles. The number of allylic oxidation sites excluding steroid dienone is 2. The van der Waals surface area contributed by atoms with Gasteiger partial charge >= 0.3 is 0 Å². The molecule has 1 fully saturated rings. The van der Waals surface area contributed by atoms with Gasteiger partial charge in [-0.2, -0.15) is 0 Å². The molecule has 0 bridgehead atoms. The third-order valence-corrected chi connectivity index (χ3v) is 4.69. The van der Waals surface area contributed by atoms with Crippen molar-refractivity contribution in [1.29, 1.82) is 0 Å². The number of rotatable bonds is 1. The van der Waals surface area contributed by atoms with Crippen LogP contribution in [0.5, 0.6) is 0 Å². The molecule has 0 aliphatic heterocycles. The van der Waals surface area contributed by atoms with Crippen LogP contribution >= 0.6 is 0 Å². The fourth-order valence-electron chi connectivity index (χ4n) is 3.46. The maximum atomic E-state index is 10.5. The van der Waals surface area contributed by atoms with E-state index in [2.05, 4.69) is 26.5 Å². The van der Waals surface area contributed by atoms with E-state index in [4.69, 9.17) is 0 Å². The van der Waals surface area contributed by atoms with Gasteiger partial charge in [0.15, 0.2) is 0 Å². The van der Waals surface area contributed by atoms with Crippen LogP contribution in [0.15, 0.2) is 23.8 Å². The van der Waals surface area contributed by atoms with Crippen LogP contribution in [-0.2, 0) is 0 Å². The second kappa shape index (κ2) is 4.03. The highest BCUT2D eigenvalue weighted by molar-refractivity contribution is 5.29. The standard InChI is InChI=1S/C15H24O/c1-10(2)12-6-5-11(3)13-7-8-15(4,16)14(13)9-12/h9,11,13-14,16H,1,5-8H2,2-4H3/t11-,13+,14+,15+/m1/s1. The Labute approximate surface area is 99.3 Å². The van der Waals surface area contributed by atoms with Crippen LogP contribution in [0.2, 0.25) is 0 Å². The summed E-state index contributed by atoms with van der Waals surface area (Å²) in [5.41, 5.74) is 2.06. The molecule has 1 heteroatoms. The molecule has 0 aromatic heterocycles. The van der Waals surface area contributed by atoms with Gasteiger partial charge in [0.25, 0.3) is 0 Å². The Morgan fingerprint density at radius 2 is 2.19 bits per heavy atom. The smallest absolute Gasteiger partial charge is 0.0685 e. The molecule has 4 atom stereocenters. The summed E-state index contributed by atoms with van der Waals surface area (Å²) in [7, 11) is 0. The van der Waals surface area contributed by atoms with Crippen LogP contribution in [0.25, 0.3) is 0 Å². The summed E-state index contributed by atoms with van der Waals surface area (Å²) in [6.45, 7) is 10.5. The normalized spacial score (nSPS) is 43.5. The zero-order valence-electron chi connectivity index (χ0n) is 10.8. The van der Waals surface area contributed by atoms with Gasteiger partial charge in [-0.15, -0.1) is 0 Å². The van der Waals surface area contributed by atoms with E-state index in [9.17, 15) is 5.11 Å². The molecular weight excluding hydrogens is 196 g/mol. The Balaban J connectivity index is 2.33. The molecule has 0 aromatic rings. The molecular formula is C15H24O. The number of hydrogen-bond acceptors (Lipinski definition) is 1. The third-order valence-electron chi connectivity index (χ3n) is 4.69. The minimum atomic E-state index is -0.496. The maximum Gasteiger partial charge on any atom is 0.0685 e. The molecule has 1 saturated carbocycles. The van der Waals surface area contributed by atoms with E-state index in [-0.39, 0.29) is 0 Å². The predicted molar refractivity (Wildman–Crippen MR) is 68.1 cm³/mol. The summed E-state index contributed by atoms with van der Waals surface area (Å²) in [5, 5.41) is 10.5. The second-order valence-electron chi connectivity index (χ2n) is 6.07. The Bertz CT molecular complexity index is 324. The van der Waals surface area contributed by atoms with Crippen LogP contribution in [0.4, 0.5) is 0 Å². The highest BCUT2D eigenvalue weighted by atomic mass is 16.3. The SMILES string of the molecule is C=C(C)C1=C[C@H]2[C@@H](CC[C@]2(C)O)[C@H](C)CC1. The lowest BCUT2D eigenvalue weighted by Gasteiger charge is -2.28. The Hall–Kier alpha value is -0.560. The third kappa shape index (κ3) is 1.98. The van der Waals surface area contributed by atoms with Gasteiger partial charge in [0.2, 0.25) is 0 Å². The average Bonchev–Trinajstić information content (AvgIpc) is 2.38. The first-order valence-corrected chi connectivity index (χ1v) is 6.51. The first kappa shape index (κ1) is 11.9. The van der Waals surface area contributed by atoms with E-state index in [0.717, 1.165) is 18.8 Å². The molecule has 0 unspecified atom stereocenters. The zero-order chi connectivity index (χ0) is 11.9. The monoisotopic (exact) mass is 220 g/mol. The highest BCUT2D eigenvalue weighted by Crippen LogP contribution is 2.48. The van der Waals surface area contributed by atoms with E-state index in [1.807, 2.05) is 6.92 Å². The molecule has 0 aromatic carbocycles. The summed E-state index contributed by atoms with van der Waals surface area (Å²) in [6, 6.07) is 0. The molecule has 1 nitrogen and oxygen atoms in total. The van der Waals surface area contributed by atoms with Crippen molar-refractivity contribution in [3.63, 3.8) is 0 Å². The molecule has 0 amide bonds. The van der Waals surface area contributed by atoms with Crippen molar-refractivity contribution in [1.82, 2.24) is 0 Å². The van der Waals surface area contributed by atoms with Crippen molar-refractivity contribution < 1.29 is 5.11 Å².